The SMILES string of the molecule is CCCCSc1nnc2c(n1)O[C@@H](c1ccccc1)N(C(C)=O)c1ccc(CC)cc1-2. The molecule has 6 nitrogen and oxygen atoms in total. The summed E-state index contributed by atoms with van der Waals surface area (Å²) >= 11 is 1.57. The number of ether oxygens (including phenoxy) is 1. The van der Waals surface area contributed by atoms with Gasteiger partial charge in [-0.15, -0.1) is 10.2 Å². The molecule has 160 valence electrons. The molecular weight excluding hydrogens is 408 g/mol. The lowest BCUT2D eigenvalue weighted by Gasteiger charge is -2.30. The van der Waals surface area contributed by atoms with Gasteiger partial charge in [0, 0.05) is 23.8 Å². The second kappa shape index (κ2) is 9.47. The highest BCUT2D eigenvalue weighted by Crippen LogP contribution is 2.43. The summed E-state index contributed by atoms with van der Waals surface area (Å²) in [6, 6.07) is 15.8. The van der Waals surface area contributed by atoms with Crippen LogP contribution in [0.25, 0.3) is 11.3 Å². The van der Waals surface area contributed by atoms with Crippen LogP contribution >= 0.6 is 11.8 Å². The molecule has 0 saturated heterocycles. The van der Waals surface area contributed by atoms with E-state index in [2.05, 4.69) is 30.1 Å². The van der Waals surface area contributed by atoms with Crippen molar-refractivity contribution in [1.82, 2.24) is 15.2 Å². The monoisotopic (exact) mass is 434 g/mol. The molecule has 0 N–H and O–H groups in total. The number of hydrogen-bond acceptors (Lipinski definition) is 6. The highest BCUT2D eigenvalue weighted by molar-refractivity contribution is 7.99. The number of rotatable bonds is 6. The number of nitrogens with zero attached hydrogens (tertiary/aromatic N) is 4. The minimum absolute atomic E-state index is 0.113. The van der Waals surface area contributed by atoms with E-state index in [1.54, 1.807) is 23.6 Å². The Bertz CT molecular complexity index is 1070. The zero-order valence-corrected chi connectivity index (χ0v) is 18.9. The van der Waals surface area contributed by atoms with Crippen LogP contribution in [0.4, 0.5) is 5.69 Å². The highest BCUT2D eigenvalue weighted by Gasteiger charge is 2.34. The number of aryl methyl sites for hydroxylation is 1. The number of carbonyl (C=O) groups is 1. The Morgan fingerprint density at radius 3 is 2.65 bits per heavy atom. The third-order valence-corrected chi connectivity index (χ3v) is 6.15. The fourth-order valence-corrected chi connectivity index (χ4v) is 4.44. The minimum atomic E-state index is -0.642. The van der Waals surface area contributed by atoms with Crippen molar-refractivity contribution >= 4 is 23.4 Å². The maximum atomic E-state index is 12.8. The fourth-order valence-electron chi connectivity index (χ4n) is 3.58. The molecule has 1 amide bonds. The van der Waals surface area contributed by atoms with E-state index in [1.807, 2.05) is 42.5 Å². The maximum Gasteiger partial charge on any atom is 0.247 e. The molecule has 3 aromatic rings. The van der Waals surface area contributed by atoms with E-state index in [9.17, 15) is 4.79 Å². The first-order valence-corrected chi connectivity index (χ1v) is 11.6. The van der Waals surface area contributed by atoms with Gasteiger partial charge in [0.15, 0.2) is 5.69 Å². The fraction of sp³-hybridized carbons (Fsp3) is 0.333. The molecule has 0 saturated carbocycles. The molecule has 7 heteroatoms. The van der Waals surface area contributed by atoms with E-state index in [0.29, 0.717) is 16.7 Å². The van der Waals surface area contributed by atoms with Gasteiger partial charge in [0.2, 0.25) is 23.2 Å². The molecule has 1 aliphatic heterocycles. The van der Waals surface area contributed by atoms with Gasteiger partial charge in [-0.2, -0.15) is 4.98 Å². The number of benzene rings is 2. The molecule has 2 aromatic carbocycles. The van der Waals surface area contributed by atoms with Crippen LogP contribution in [-0.4, -0.2) is 26.8 Å². The van der Waals surface area contributed by atoms with Crippen LogP contribution in [-0.2, 0) is 11.2 Å². The standard InChI is InChI=1S/C24H26N4O2S/c1-4-6-14-31-24-25-22-21(26-27-24)19-15-17(5-2)12-13-20(19)28(16(3)29)23(30-22)18-10-8-7-9-11-18/h7-13,15,23H,4-6,14H2,1-3H3/t23-/m0/s1. The third kappa shape index (κ3) is 4.42. The van der Waals surface area contributed by atoms with Gasteiger partial charge in [-0.3, -0.25) is 9.69 Å². The number of carbonyl (C=O) groups excluding carboxylic acids is 1. The zero-order valence-electron chi connectivity index (χ0n) is 18.0. The summed E-state index contributed by atoms with van der Waals surface area (Å²) in [6.07, 6.45) is 2.42. The molecule has 0 aliphatic carbocycles. The van der Waals surface area contributed by atoms with Gasteiger partial charge in [0.05, 0.1) is 5.69 Å². The van der Waals surface area contributed by atoms with Crippen molar-refractivity contribution in [1.29, 1.82) is 0 Å². The highest BCUT2D eigenvalue weighted by atomic mass is 32.2. The first kappa shape index (κ1) is 21.3. The van der Waals surface area contributed by atoms with E-state index in [1.165, 1.54) is 0 Å². The van der Waals surface area contributed by atoms with E-state index in [0.717, 1.165) is 47.4 Å². The van der Waals surface area contributed by atoms with Gasteiger partial charge < -0.3 is 4.74 Å². The number of anilines is 1. The molecule has 4 rings (SSSR count). The molecule has 0 spiro atoms. The minimum Gasteiger partial charge on any atom is -0.447 e. The molecule has 0 unspecified atom stereocenters. The number of amides is 1. The lowest BCUT2D eigenvalue weighted by molar-refractivity contribution is -0.118. The molecule has 0 radical (unpaired) electrons. The first-order chi connectivity index (χ1) is 15.1. The topological polar surface area (TPSA) is 68.2 Å². The maximum absolute atomic E-state index is 12.8. The van der Waals surface area contributed by atoms with Crippen molar-refractivity contribution in [3.05, 3.63) is 59.7 Å². The first-order valence-electron chi connectivity index (χ1n) is 10.6. The Morgan fingerprint density at radius 1 is 1.13 bits per heavy atom. The van der Waals surface area contributed by atoms with Crippen LogP contribution in [0.1, 0.15) is 51.0 Å². The number of aromatic nitrogens is 3. The second-order valence-electron chi connectivity index (χ2n) is 7.43. The van der Waals surface area contributed by atoms with Crippen LogP contribution in [0.3, 0.4) is 0 Å². The Kier molecular flexibility index (Phi) is 6.51. The zero-order chi connectivity index (χ0) is 21.8. The van der Waals surface area contributed by atoms with Crippen LogP contribution < -0.4 is 9.64 Å². The Morgan fingerprint density at radius 2 is 1.94 bits per heavy atom. The Hall–Kier alpha value is -2.93. The summed E-state index contributed by atoms with van der Waals surface area (Å²) < 4.78 is 6.40. The Balaban J connectivity index is 1.88. The molecule has 1 aromatic heterocycles. The van der Waals surface area contributed by atoms with Gasteiger partial charge >= 0.3 is 0 Å². The van der Waals surface area contributed by atoms with Crippen molar-refractivity contribution in [2.45, 2.75) is 51.4 Å². The number of fused-ring (bicyclic) bond motifs is 3. The molecule has 1 aliphatic rings. The van der Waals surface area contributed by atoms with Gasteiger partial charge in [0.1, 0.15) is 0 Å². The Labute approximate surface area is 187 Å². The van der Waals surface area contributed by atoms with Crippen LogP contribution in [0.2, 0.25) is 0 Å². The summed E-state index contributed by atoms with van der Waals surface area (Å²) in [5.41, 5.74) is 4.15. The summed E-state index contributed by atoms with van der Waals surface area (Å²) in [7, 11) is 0. The van der Waals surface area contributed by atoms with Gasteiger partial charge in [-0.25, -0.2) is 0 Å². The summed E-state index contributed by atoms with van der Waals surface area (Å²) in [6.45, 7) is 5.81. The second-order valence-corrected chi connectivity index (χ2v) is 8.49. The van der Waals surface area contributed by atoms with Crippen LogP contribution in [0.15, 0.2) is 53.7 Å². The quantitative estimate of drug-likeness (QED) is 0.380. The van der Waals surface area contributed by atoms with Crippen molar-refractivity contribution in [2.24, 2.45) is 0 Å². The lowest BCUT2D eigenvalue weighted by Crippen LogP contribution is -2.36. The third-order valence-electron chi connectivity index (χ3n) is 5.23. The van der Waals surface area contributed by atoms with Crippen molar-refractivity contribution in [2.75, 3.05) is 10.7 Å². The molecule has 0 fully saturated rings. The lowest BCUT2D eigenvalue weighted by atomic mass is 10.0. The molecule has 1 atom stereocenters. The molecular formula is C24H26N4O2S. The summed E-state index contributed by atoms with van der Waals surface area (Å²) in [4.78, 5) is 19.2. The van der Waals surface area contributed by atoms with Crippen molar-refractivity contribution in [3.8, 4) is 17.1 Å². The predicted molar refractivity (Wildman–Crippen MR) is 123 cm³/mol. The van der Waals surface area contributed by atoms with E-state index in [4.69, 9.17) is 9.72 Å². The average molecular weight is 435 g/mol. The molecule has 0 bridgehead atoms. The predicted octanol–water partition coefficient (Wildman–Crippen LogP) is 5.44. The average Bonchev–Trinajstić information content (AvgIpc) is 2.93. The van der Waals surface area contributed by atoms with Gasteiger partial charge in [-0.05, 0) is 30.5 Å². The largest absolute Gasteiger partial charge is 0.447 e. The van der Waals surface area contributed by atoms with E-state index >= 15 is 0 Å². The smallest absolute Gasteiger partial charge is 0.247 e. The van der Waals surface area contributed by atoms with Gasteiger partial charge in [0.25, 0.3) is 0 Å². The van der Waals surface area contributed by atoms with Crippen LogP contribution in [0, 0.1) is 0 Å². The normalized spacial score (nSPS) is 14.9. The van der Waals surface area contributed by atoms with Crippen molar-refractivity contribution < 1.29 is 9.53 Å². The van der Waals surface area contributed by atoms with Crippen LogP contribution in [0.5, 0.6) is 5.88 Å². The number of unbranched alkanes of at least 4 members (excludes halogenated alkanes) is 1. The molecule has 2 heterocycles. The van der Waals surface area contributed by atoms with E-state index in [-0.39, 0.29) is 5.91 Å². The van der Waals surface area contributed by atoms with Gasteiger partial charge in [-0.1, -0.05) is 68.4 Å². The number of thioether (sulfide) groups is 1. The number of hydrogen-bond donors (Lipinski definition) is 0. The molecule has 31 heavy (non-hydrogen) atoms. The summed E-state index contributed by atoms with van der Waals surface area (Å²) in [5, 5.41) is 9.43. The van der Waals surface area contributed by atoms with E-state index < -0.39 is 6.23 Å². The summed E-state index contributed by atoms with van der Waals surface area (Å²) in [5.74, 6) is 1.22. The van der Waals surface area contributed by atoms with Crippen molar-refractivity contribution in [3.63, 3.8) is 0 Å².